The molecule has 4 heteroatoms. The monoisotopic (exact) mass is 253 g/mol. The smallest absolute Gasteiger partial charge is 0.165 e. The van der Waals surface area contributed by atoms with Gasteiger partial charge in [0.05, 0.1) is 12.2 Å². The van der Waals surface area contributed by atoms with Gasteiger partial charge in [-0.1, -0.05) is 12.1 Å². The summed E-state index contributed by atoms with van der Waals surface area (Å²) in [6.45, 7) is 0.815. The van der Waals surface area contributed by atoms with Gasteiger partial charge in [-0.3, -0.25) is 0 Å². The second kappa shape index (κ2) is 5.67. The van der Waals surface area contributed by atoms with Gasteiger partial charge >= 0.3 is 0 Å². The van der Waals surface area contributed by atoms with E-state index >= 15 is 0 Å². The molecule has 2 rings (SSSR count). The van der Waals surface area contributed by atoms with Crippen LogP contribution in [0.25, 0.3) is 0 Å². The minimum Gasteiger partial charge on any atom is -0.490 e. The van der Waals surface area contributed by atoms with E-state index in [1.54, 1.807) is 18.2 Å². The van der Waals surface area contributed by atoms with Crippen LogP contribution in [0.2, 0.25) is 0 Å². The van der Waals surface area contributed by atoms with E-state index in [0.29, 0.717) is 37.7 Å². The molecule has 1 aliphatic rings. The lowest BCUT2D eigenvalue weighted by molar-refractivity contribution is -0.00713. The fraction of sp³-hybridized carbons (Fsp3) is 0.571. The number of para-hydroxylation sites is 1. The molecule has 0 atom stereocenters. The molecule has 0 radical (unpaired) electrons. The zero-order valence-electron chi connectivity index (χ0n) is 10.4. The average Bonchev–Trinajstić information content (AvgIpc) is 2.40. The molecule has 3 N–H and O–H groups in total. The predicted molar refractivity (Wildman–Crippen MR) is 67.9 cm³/mol. The van der Waals surface area contributed by atoms with Gasteiger partial charge in [-0.25, -0.2) is 4.39 Å². The molecule has 1 fully saturated rings. The molecule has 1 saturated carbocycles. The van der Waals surface area contributed by atoms with E-state index in [2.05, 4.69) is 0 Å². The molecule has 0 aromatic heterocycles. The van der Waals surface area contributed by atoms with E-state index in [4.69, 9.17) is 10.5 Å². The molecule has 1 aromatic carbocycles. The van der Waals surface area contributed by atoms with Gasteiger partial charge < -0.3 is 15.6 Å². The van der Waals surface area contributed by atoms with Crippen molar-refractivity contribution >= 4 is 0 Å². The highest BCUT2D eigenvalue weighted by Gasteiger charge is 2.32. The van der Waals surface area contributed by atoms with Crippen LogP contribution in [0.15, 0.2) is 24.3 Å². The molecule has 0 saturated heterocycles. The summed E-state index contributed by atoms with van der Waals surface area (Å²) in [5, 5.41) is 10.0. The van der Waals surface area contributed by atoms with Crippen molar-refractivity contribution in [2.24, 2.45) is 11.7 Å². The van der Waals surface area contributed by atoms with E-state index < -0.39 is 5.60 Å². The van der Waals surface area contributed by atoms with Crippen molar-refractivity contribution in [2.75, 3.05) is 13.2 Å². The predicted octanol–water partition coefficient (Wildman–Crippen LogP) is 2.08. The van der Waals surface area contributed by atoms with Crippen LogP contribution >= 0.6 is 0 Å². The summed E-state index contributed by atoms with van der Waals surface area (Å²) in [7, 11) is 0. The molecular weight excluding hydrogens is 233 g/mol. The fourth-order valence-corrected chi connectivity index (χ4v) is 2.36. The second-order valence-electron chi connectivity index (χ2n) is 5.11. The SMILES string of the molecule is NCC1(O)CCC(COc2ccccc2F)CC1. The van der Waals surface area contributed by atoms with Gasteiger partial charge in [-0.05, 0) is 43.7 Å². The first kappa shape index (κ1) is 13.3. The van der Waals surface area contributed by atoms with Gasteiger partial charge in [-0.2, -0.15) is 0 Å². The molecule has 0 spiro atoms. The highest BCUT2D eigenvalue weighted by Crippen LogP contribution is 2.32. The Morgan fingerprint density at radius 3 is 2.61 bits per heavy atom. The maximum absolute atomic E-state index is 13.3. The number of ether oxygens (including phenoxy) is 1. The third kappa shape index (κ3) is 3.21. The quantitative estimate of drug-likeness (QED) is 0.863. The van der Waals surface area contributed by atoms with Crippen molar-refractivity contribution in [2.45, 2.75) is 31.3 Å². The number of aliphatic hydroxyl groups is 1. The van der Waals surface area contributed by atoms with E-state index in [0.717, 1.165) is 12.8 Å². The van der Waals surface area contributed by atoms with Crippen LogP contribution in [0.1, 0.15) is 25.7 Å². The first-order chi connectivity index (χ1) is 8.63. The van der Waals surface area contributed by atoms with E-state index in [1.807, 2.05) is 0 Å². The minimum atomic E-state index is -0.700. The van der Waals surface area contributed by atoms with Gasteiger partial charge in [0.15, 0.2) is 11.6 Å². The average molecular weight is 253 g/mol. The van der Waals surface area contributed by atoms with Crippen molar-refractivity contribution in [3.05, 3.63) is 30.1 Å². The van der Waals surface area contributed by atoms with E-state index in [1.165, 1.54) is 6.07 Å². The van der Waals surface area contributed by atoms with Crippen LogP contribution in [0.4, 0.5) is 4.39 Å². The third-order valence-electron chi connectivity index (χ3n) is 3.73. The number of nitrogens with two attached hydrogens (primary N) is 1. The van der Waals surface area contributed by atoms with Gasteiger partial charge in [0.2, 0.25) is 0 Å². The first-order valence-corrected chi connectivity index (χ1v) is 6.43. The fourth-order valence-electron chi connectivity index (χ4n) is 2.36. The van der Waals surface area contributed by atoms with Crippen LogP contribution in [0.5, 0.6) is 5.75 Å². The Kier molecular flexibility index (Phi) is 4.19. The Balaban J connectivity index is 1.81. The highest BCUT2D eigenvalue weighted by atomic mass is 19.1. The zero-order valence-corrected chi connectivity index (χ0v) is 10.4. The summed E-state index contributed by atoms with van der Waals surface area (Å²) in [5.41, 5.74) is 4.84. The van der Waals surface area contributed by atoms with Crippen LogP contribution in [0, 0.1) is 11.7 Å². The summed E-state index contributed by atoms with van der Waals surface area (Å²) in [5.74, 6) is 0.348. The molecule has 0 bridgehead atoms. The summed E-state index contributed by atoms with van der Waals surface area (Å²) < 4.78 is 18.8. The number of rotatable bonds is 4. The maximum Gasteiger partial charge on any atom is 0.165 e. The topological polar surface area (TPSA) is 55.5 Å². The number of hydrogen-bond acceptors (Lipinski definition) is 3. The summed E-state index contributed by atoms with van der Waals surface area (Å²) in [4.78, 5) is 0. The maximum atomic E-state index is 13.3. The molecule has 100 valence electrons. The van der Waals surface area contributed by atoms with Gasteiger partial charge in [0.1, 0.15) is 0 Å². The highest BCUT2D eigenvalue weighted by molar-refractivity contribution is 5.23. The molecule has 18 heavy (non-hydrogen) atoms. The molecule has 3 nitrogen and oxygen atoms in total. The summed E-state index contributed by atoms with van der Waals surface area (Å²) in [6.07, 6.45) is 3.16. The lowest BCUT2D eigenvalue weighted by atomic mass is 9.79. The van der Waals surface area contributed by atoms with Crippen molar-refractivity contribution in [3.8, 4) is 5.75 Å². The van der Waals surface area contributed by atoms with Crippen molar-refractivity contribution < 1.29 is 14.2 Å². The summed E-state index contributed by atoms with van der Waals surface area (Å²) in [6, 6.07) is 6.42. The molecular formula is C14H20FNO2. The van der Waals surface area contributed by atoms with E-state index in [-0.39, 0.29) is 5.82 Å². The van der Waals surface area contributed by atoms with Crippen LogP contribution in [-0.4, -0.2) is 23.9 Å². The lowest BCUT2D eigenvalue weighted by Crippen LogP contribution is -2.41. The van der Waals surface area contributed by atoms with Gasteiger partial charge in [-0.15, -0.1) is 0 Å². The molecule has 1 aliphatic carbocycles. The minimum absolute atomic E-state index is 0.303. The number of benzene rings is 1. The number of hydrogen-bond donors (Lipinski definition) is 2. The van der Waals surface area contributed by atoms with E-state index in [9.17, 15) is 9.50 Å². The molecule has 0 heterocycles. The zero-order chi connectivity index (χ0) is 13.0. The first-order valence-electron chi connectivity index (χ1n) is 6.43. The Bertz CT molecular complexity index is 389. The third-order valence-corrected chi connectivity index (χ3v) is 3.73. The molecule has 0 unspecified atom stereocenters. The van der Waals surface area contributed by atoms with Crippen LogP contribution in [0.3, 0.4) is 0 Å². The Labute approximate surface area is 107 Å². The molecule has 1 aromatic rings. The van der Waals surface area contributed by atoms with Gasteiger partial charge in [0.25, 0.3) is 0 Å². The Morgan fingerprint density at radius 2 is 2.00 bits per heavy atom. The second-order valence-corrected chi connectivity index (χ2v) is 5.11. The molecule has 0 amide bonds. The van der Waals surface area contributed by atoms with Gasteiger partial charge in [0, 0.05) is 6.54 Å². The van der Waals surface area contributed by atoms with Crippen LogP contribution < -0.4 is 10.5 Å². The van der Waals surface area contributed by atoms with Crippen molar-refractivity contribution in [1.29, 1.82) is 0 Å². The van der Waals surface area contributed by atoms with Crippen molar-refractivity contribution in [1.82, 2.24) is 0 Å². The standard InChI is InChI=1S/C14H20FNO2/c15-12-3-1-2-4-13(12)18-9-11-5-7-14(17,10-16)8-6-11/h1-4,11,17H,5-10,16H2. The number of halogens is 1. The lowest BCUT2D eigenvalue weighted by Gasteiger charge is -2.34. The Morgan fingerprint density at radius 1 is 1.33 bits per heavy atom. The van der Waals surface area contributed by atoms with Crippen LogP contribution in [-0.2, 0) is 0 Å². The Hall–Kier alpha value is -1.13. The largest absolute Gasteiger partial charge is 0.490 e. The summed E-state index contributed by atoms with van der Waals surface area (Å²) >= 11 is 0. The normalized spacial score (nSPS) is 28.1. The molecule has 0 aliphatic heterocycles. The van der Waals surface area contributed by atoms with Crippen molar-refractivity contribution in [3.63, 3.8) is 0 Å².